The molecule has 0 spiro atoms. The molecule has 0 saturated carbocycles. The molecule has 1 aromatic rings. The van der Waals surface area contributed by atoms with Gasteiger partial charge in [-0.1, -0.05) is 6.92 Å². The molecular formula is C8H13N3O. The molecule has 1 rings (SSSR count). The third kappa shape index (κ3) is 3.30. The molecule has 0 fully saturated rings. The van der Waals surface area contributed by atoms with Gasteiger partial charge in [0.05, 0.1) is 0 Å². The van der Waals surface area contributed by atoms with E-state index in [1.807, 2.05) is 0 Å². The summed E-state index contributed by atoms with van der Waals surface area (Å²) in [5, 5.41) is 3.15. The number of hydrogen-bond acceptors (Lipinski definition) is 4. The van der Waals surface area contributed by atoms with Crippen molar-refractivity contribution in [2.75, 3.05) is 19.7 Å². The lowest BCUT2D eigenvalue weighted by Crippen LogP contribution is -2.20. The quantitative estimate of drug-likeness (QED) is 0.647. The minimum Gasteiger partial charge on any atom is -0.476 e. The Morgan fingerprint density at radius 3 is 3.17 bits per heavy atom. The van der Waals surface area contributed by atoms with Gasteiger partial charge in [0.15, 0.2) is 0 Å². The van der Waals surface area contributed by atoms with Crippen LogP contribution < -0.4 is 10.1 Å². The van der Waals surface area contributed by atoms with E-state index >= 15 is 0 Å². The van der Waals surface area contributed by atoms with Crippen LogP contribution in [-0.4, -0.2) is 29.7 Å². The molecule has 0 saturated heterocycles. The fourth-order valence-electron chi connectivity index (χ4n) is 0.768. The van der Waals surface area contributed by atoms with E-state index < -0.39 is 0 Å². The molecule has 0 aliphatic carbocycles. The maximum absolute atomic E-state index is 5.29. The van der Waals surface area contributed by atoms with Crippen molar-refractivity contribution < 1.29 is 4.74 Å². The maximum Gasteiger partial charge on any atom is 0.216 e. The molecule has 0 aliphatic rings. The van der Waals surface area contributed by atoms with Crippen molar-refractivity contribution in [1.82, 2.24) is 15.3 Å². The number of aromatic nitrogens is 2. The van der Waals surface area contributed by atoms with Gasteiger partial charge in [0.1, 0.15) is 12.9 Å². The number of hydrogen-bond donors (Lipinski definition) is 1. The van der Waals surface area contributed by atoms with Gasteiger partial charge in [0, 0.05) is 18.8 Å². The molecular weight excluding hydrogens is 154 g/mol. The molecule has 0 aliphatic heterocycles. The molecule has 0 radical (unpaired) electrons. The van der Waals surface area contributed by atoms with Crippen molar-refractivity contribution in [3.63, 3.8) is 0 Å². The maximum atomic E-state index is 5.29. The van der Waals surface area contributed by atoms with Crippen LogP contribution in [0.2, 0.25) is 0 Å². The smallest absolute Gasteiger partial charge is 0.216 e. The van der Waals surface area contributed by atoms with E-state index in [1.165, 1.54) is 6.33 Å². The second-order valence-corrected chi connectivity index (χ2v) is 2.25. The molecule has 0 atom stereocenters. The lowest BCUT2D eigenvalue weighted by molar-refractivity contribution is 0.303. The van der Waals surface area contributed by atoms with E-state index in [0.29, 0.717) is 12.5 Å². The molecule has 12 heavy (non-hydrogen) atoms. The summed E-state index contributed by atoms with van der Waals surface area (Å²) in [5.74, 6) is 0.628. The molecule has 0 unspecified atom stereocenters. The summed E-state index contributed by atoms with van der Waals surface area (Å²) in [5.41, 5.74) is 0. The second-order valence-electron chi connectivity index (χ2n) is 2.25. The number of nitrogens with zero attached hydrogens (tertiary/aromatic N) is 2. The third-order valence-electron chi connectivity index (χ3n) is 1.33. The molecule has 1 aromatic heterocycles. The average Bonchev–Trinajstić information content (AvgIpc) is 2.14. The molecule has 4 heteroatoms. The summed E-state index contributed by atoms with van der Waals surface area (Å²) in [4.78, 5) is 7.70. The Hall–Kier alpha value is -1.16. The Morgan fingerprint density at radius 1 is 1.58 bits per heavy atom. The zero-order chi connectivity index (χ0) is 8.65. The molecule has 66 valence electrons. The van der Waals surface area contributed by atoms with Crippen LogP contribution in [0.15, 0.2) is 18.6 Å². The normalized spacial score (nSPS) is 9.75. The highest BCUT2D eigenvalue weighted by Gasteiger charge is 1.91. The van der Waals surface area contributed by atoms with Gasteiger partial charge in [-0.15, -0.1) is 0 Å². The SMILES string of the molecule is CCNCCOc1ccncn1. The van der Waals surface area contributed by atoms with E-state index in [4.69, 9.17) is 4.74 Å². The second kappa shape index (κ2) is 5.49. The summed E-state index contributed by atoms with van der Waals surface area (Å²) in [6, 6.07) is 1.74. The zero-order valence-corrected chi connectivity index (χ0v) is 7.16. The van der Waals surface area contributed by atoms with Gasteiger partial charge in [-0.25, -0.2) is 9.97 Å². The standard InChI is InChI=1S/C8H13N3O/c1-2-9-5-6-12-8-3-4-10-7-11-8/h3-4,7,9H,2,5-6H2,1H3. The Balaban J connectivity index is 2.16. The number of rotatable bonds is 5. The number of ether oxygens (including phenoxy) is 1. The lowest BCUT2D eigenvalue weighted by atomic mass is 10.6. The van der Waals surface area contributed by atoms with E-state index in [0.717, 1.165) is 13.1 Å². The van der Waals surface area contributed by atoms with Crippen molar-refractivity contribution in [3.8, 4) is 5.88 Å². The minimum atomic E-state index is 0.628. The highest BCUT2D eigenvalue weighted by Crippen LogP contribution is 1.99. The van der Waals surface area contributed by atoms with Crippen LogP contribution in [-0.2, 0) is 0 Å². The Morgan fingerprint density at radius 2 is 2.50 bits per heavy atom. The first-order chi connectivity index (χ1) is 5.93. The molecule has 1 heterocycles. The highest BCUT2D eigenvalue weighted by atomic mass is 16.5. The van der Waals surface area contributed by atoms with Crippen LogP contribution in [0.4, 0.5) is 0 Å². The van der Waals surface area contributed by atoms with Crippen molar-refractivity contribution in [1.29, 1.82) is 0 Å². The van der Waals surface area contributed by atoms with Gasteiger partial charge in [-0.2, -0.15) is 0 Å². The van der Waals surface area contributed by atoms with Crippen LogP contribution in [0.3, 0.4) is 0 Å². The molecule has 4 nitrogen and oxygen atoms in total. The van der Waals surface area contributed by atoms with Gasteiger partial charge in [-0.3, -0.25) is 0 Å². The van der Waals surface area contributed by atoms with Crippen molar-refractivity contribution in [2.24, 2.45) is 0 Å². The van der Waals surface area contributed by atoms with Gasteiger partial charge in [0.2, 0.25) is 5.88 Å². The van der Waals surface area contributed by atoms with Gasteiger partial charge in [0.25, 0.3) is 0 Å². The fraction of sp³-hybridized carbons (Fsp3) is 0.500. The first-order valence-corrected chi connectivity index (χ1v) is 4.03. The third-order valence-corrected chi connectivity index (χ3v) is 1.33. The number of likely N-dealkylation sites (N-methyl/N-ethyl adjacent to an activating group) is 1. The van der Waals surface area contributed by atoms with Crippen LogP contribution >= 0.6 is 0 Å². The van der Waals surface area contributed by atoms with Gasteiger partial charge in [-0.05, 0) is 6.54 Å². The molecule has 1 N–H and O–H groups in total. The first-order valence-electron chi connectivity index (χ1n) is 4.03. The summed E-state index contributed by atoms with van der Waals surface area (Å²) in [6.07, 6.45) is 3.14. The average molecular weight is 167 g/mol. The van der Waals surface area contributed by atoms with Crippen LogP contribution in [0, 0.1) is 0 Å². The first kappa shape index (κ1) is 8.93. The van der Waals surface area contributed by atoms with Crippen molar-refractivity contribution in [3.05, 3.63) is 18.6 Å². The Kier molecular flexibility index (Phi) is 4.08. The topological polar surface area (TPSA) is 47.0 Å². The lowest BCUT2D eigenvalue weighted by Gasteiger charge is -2.03. The Bertz CT molecular complexity index is 203. The summed E-state index contributed by atoms with van der Waals surface area (Å²) < 4.78 is 5.29. The van der Waals surface area contributed by atoms with Crippen LogP contribution in [0.25, 0.3) is 0 Å². The fourth-order valence-corrected chi connectivity index (χ4v) is 0.768. The van der Waals surface area contributed by atoms with E-state index in [-0.39, 0.29) is 0 Å². The monoisotopic (exact) mass is 167 g/mol. The summed E-state index contributed by atoms with van der Waals surface area (Å²) in [6.45, 7) is 4.52. The Labute approximate surface area is 72.0 Å². The molecule has 0 bridgehead atoms. The van der Waals surface area contributed by atoms with Crippen molar-refractivity contribution >= 4 is 0 Å². The minimum absolute atomic E-state index is 0.628. The highest BCUT2D eigenvalue weighted by molar-refractivity contribution is 5.03. The predicted octanol–water partition coefficient (Wildman–Crippen LogP) is 0.465. The summed E-state index contributed by atoms with van der Waals surface area (Å²) in [7, 11) is 0. The largest absolute Gasteiger partial charge is 0.476 e. The van der Waals surface area contributed by atoms with Crippen LogP contribution in [0.1, 0.15) is 6.92 Å². The van der Waals surface area contributed by atoms with E-state index in [1.54, 1.807) is 12.3 Å². The zero-order valence-electron chi connectivity index (χ0n) is 7.16. The van der Waals surface area contributed by atoms with E-state index in [9.17, 15) is 0 Å². The number of nitrogens with one attached hydrogen (secondary N) is 1. The summed E-state index contributed by atoms with van der Waals surface area (Å²) >= 11 is 0. The predicted molar refractivity (Wildman–Crippen MR) is 46.1 cm³/mol. The van der Waals surface area contributed by atoms with Crippen molar-refractivity contribution in [2.45, 2.75) is 6.92 Å². The van der Waals surface area contributed by atoms with Gasteiger partial charge >= 0.3 is 0 Å². The van der Waals surface area contributed by atoms with E-state index in [2.05, 4.69) is 22.2 Å². The van der Waals surface area contributed by atoms with Gasteiger partial charge < -0.3 is 10.1 Å². The molecule has 0 aromatic carbocycles. The molecule has 0 amide bonds. The van der Waals surface area contributed by atoms with Crippen LogP contribution in [0.5, 0.6) is 5.88 Å².